The predicted octanol–water partition coefficient (Wildman–Crippen LogP) is 1.39. The van der Waals surface area contributed by atoms with Crippen molar-refractivity contribution in [3.05, 3.63) is 11.9 Å². The number of nitrogens with zero attached hydrogens (tertiary/aromatic N) is 2. The molecule has 1 heterocycles. The van der Waals surface area contributed by atoms with E-state index in [9.17, 15) is 0 Å². The average molecular weight is 171 g/mol. The number of nitrogens with two attached hydrogens (primary N) is 1. The van der Waals surface area contributed by atoms with Gasteiger partial charge in [-0.3, -0.25) is 5.01 Å². The first-order chi connectivity index (χ1) is 5.75. The van der Waals surface area contributed by atoms with Gasteiger partial charge in [0, 0.05) is 20.1 Å². The maximum atomic E-state index is 5.70. The van der Waals surface area contributed by atoms with Crippen molar-refractivity contribution in [1.29, 1.82) is 0 Å². The molecule has 0 atom stereocenters. The summed E-state index contributed by atoms with van der Waals surface area (Å²) in [6, 6.07) is 0. The highest BCUT2D eigenvalue weighted by Gasteiger charge is 2.14. The molecule has 0 amide bonds. The van der Waals surface area contributed by atoms with E-state index < -0.39 is 0 Å². The largest absolute Gasteiger partial charge is 0.361 e. The van der Waals surface area contributed by atoms with Crippen molar-refractivity contribution < 1.29 is 0 Å². The number of hydrogen-bond acceptors (Lipinski definition) is 3. The van der Waals surface area contributed by atoms with Gasteiger partial charge in [-0.2, -0.15) is 0 Å². The van der Waals surface area contributed by atoms with Gasteiger partial charge in [0.2, 0.25) is 0 Å². The minimum atomic E-state index is 0.976. The third-order valence-electron chi connectivity index (χ3n) is 1.84. The van der Waals surface area contributed by atoms with Crippen molar-refractivity contribution >= 4 is 0 Å². The standard InChI is InChI=1S/C7H15N3.C2H6/c1-3-7-9(2)5-4-6-10(7)8;1-2/h3H,4-6,8H2,1-2H3;1-2H3/b7-3-;. The van der Waals surface area contributed by atoms with Crippen LogP contribution in [0.25, 0.3) is 0 Å². The van der Waals surface area contributed by atoms with Crippen LogP contribution in [-0.2, 0) is 0 Å². The Morgan fingerprint density at radius 3 is 2.25 bits per heavy atom. The molecule has 0 radical (unpaired) electrons. The minimum absolute atomic E-state index is 0.976. The van der Waals surface area contributed by atoms with Crippen LogP contribution < -0.4 is 5.84 Å². The Kier molecular flexibility index (Phi) is 5.54. The summed E-state index contributed by atoms with van der Waals surface area (Å²) in [7, 11) is 2.06. The zero-order chi connectivity index (χ0) is 9.56. The fourth-order valence-corrected chi connectivity index (χ4v) is 1.31. The van der Waals surface area contributed by atoms with E-state index in [1.807, 2.05) is 26.8 Å². The van der Waals surface area contributed by atoms with Crippen molar-refractivity contribution in [3.63, 3.8) is 0 Å². The summed E-state index contributed by atoms with van der Waals surface area (Å²) in [6.07, 6.45) is 3.20. The summed E-state index contributed by atoms with van der Waals surface area (Å²) in [5.74, 6) is 6.83. The van der Waals surface area contributed by atoms with E-state index >= 15 is 0 Å². The van der Waals surface area contributed by atoms with Crippen molar-refractivity contribution in [1.82, 2.24) is 9.91 Å². The molecule has 1 aliphatic heterocycles. The molecule has 1 aliphatic rings. The molecule has 0 aromatic rings. The Morgan fingerprint density at radius 1 is 1.33 bits per heavy atom. The fraction of sp³-hybridized carbons (Fsp3) is 0.778. The van der Waals surface area contributed by atoms with E-state index in [0.29, 0.717) is 0 Å². The monoisotopic (exact) mass is 171 g/mol. The highest BCUT2D eigenvalue weighted by molar-refractivity contribution is 4.98. The van der Waals surface area contributed by atoms with Crippen LogP contribution in [0, 0.1) is 0 Å². The predicted molar refractivity (Wildman–Crippen MR) is 53.2 cm³/mol. The molecule has 0 spiro atoms. The van der Waals surface area contributed by atoms with E-state index in [2.05, 4.69) is 11.9 Å². The Labute approximate surface area is 75.8 Å². The van der Waals surface area contributed by atoms with Gasteiger partial charge in [0.15, 0.2) is 0 Å². The van der Waals surface area contributed by atoms with E-state index in [1.54, 1.807) is 5.01 Å². The van der Waals surface area contributed by atoms with Gasteiger partial charge in [0.1, 0.15) is 5.82 Å². The summed E-state index contributed by atoms with van der Waals surface area (Å²) in [5, 5.41) is 1.80. The van der Waals surface area contributed by atoms with E-state index in [4.69, 9.17) is 5.84 Å². The van der Waals surface area contributed by atoms with Crippen molar-refractivity contribution in [2.75, 3.05) is 20.1 Å². The summed E-state index contributed by atoms with van der Waals surface area (Å²) in [6.45, 7) is 8.11. The maximum absolute atomic E-state index is 5.70. The van der Waals surface area contributed by atoms with Crippen LogP contribution in [-0.4, -0.2) is 30.0 Å². The van der Waals surface area contributed by atoms with Gasteiger partial charge in [-0.05, 0) is 19.4 Å². The lowest BCUT2D eigenvalue weighted by atomic mass is 10.3. The zero-order valence-electron chi connectivity index (χ0n) is 8.67. The maximum Gasteiger partial charge on any atom is 0.113 e. The van der Waals surface area contributed by atoms with E-state index in [0.717, 1.165) is 25.3 Å². The second-order valence-electron chi connectivity index (χ2n) is 2.62. The van der Waals surface area contributed by atoms with Crippen LogP contribution in [0.2, 0.25) is 0 Å². The van der Waals surface area contributed by atoms with Crippen LogP contribution >= 0.6 is 0 Å². The fourth-order valence-electron chi connectivity index (χ4n) is 1.31. The van der Waals surface area contributed by atoms with Gasteiger partial charge in [-0.25, -0.2) is 5.84 Å². The average Bonchev–Trinajstić information content (AvgIpc) is 2.08. The quantitative estimate of drug-likeness (QED) is 0.559. The van der Waals surface area contributed by atoms with E-state index in [1.165, 1.54) is 0 Å². The highest BCUT2D eigenvalue weighted by Crippen LogP contribution is 2.10. The molecule has 0 saturated carbocycles. The Hall–Kier alpha value is -0.700. The molecule has 12 heavy (non-hydrogen) atoms. The Balaban J connectivity index is 0.000000561. The molecule has 0 aromatic carbocycles. The van der Waals surface area contributed by atoms with Crippen molar-refractivity contribution in [2.45, 2.75) is 27.2 Å². The van der Waals surface area contributed by atoms with E-state index in [-0.39, 0.29) is 0 Å². The molecule has 3 heteroatoms. The third-order valence-corrected chi connectivity index (χ3v) is 1.84. The second kappa shape index (κ2) is 5.89. The highest BCUT2D eigenvalue weighted by atomic mass is 15.5. The van der Waals surface area contributed by atoms with Crippen molar-refractivity contribution in [3.8, 4) is 0 Å². The van der Waals surface area contributed by atoms with Gasteiger partial charge in [-0.1, -0.05) is 13.8 Å². The SMILES string of the molecule is C/C=C1/N(C)CCCN1N.CC. The minimum Gasteiger partial charge on any atom is -0.361 e. The van der Waals surface area contributed by atoms with Gasteiger partial charge in [-0.15, -0.1) is 0 Å². The molecule has 3 nitrogen and oxygen atoms in total. The Morgan fingerprint density at radius 2 is 1.92 bits per heavy atom. The first-order valence-corrected chi connectivity index (χ1v) is 4.65. The van der Waals surface area contributed by atoms with Crippen LogP contribution in [0.3, 0.4) is 0 Å². The molecule has 1 saturated heterocycles. The summed E-state index contributed by atoms with van der Waals surface area (Å²) >= 11 is 0. The molecule has 0 unspecified atom stereocenters. The molecule has 72 valence electrons. The molecule has 1 fully saturated rings. The van der Waals surface area contributed by atoms with Gasteiger partial charge >= 0.3 is 0 Å². The molecule has 1 rings (SSSR count). The van der Waals surface area contributed by atoms with Crippen LogP contribution in [0.5, 0.6) is 0 Å². The molecule has 0 bridgehead atoms. The normalized spacial score (nSPS) is 20.6. The molecular formula is C9H21N3. The summed E-state index contributed by atoms with van der Waals surface area (Å²) in [5.41, 5.74) is 0. The first-order valence-electron chi connectivity index (χ1n) is 4.65. The lowest BCUT2D eigenvalue weighted by Crippen LogP contribution is -2.44. The topological polar surface area (TPSA) is 32.5 Å². The summed E-state index contributed by atoms with van der Waals surface area (Å²) < 4.78 is 0. The van der Waals surface area contributed by atoms with Crippen LogP contribution in [0.15, 0.2) is 11.9 Å². The molecule has 0 aromatic heterocycles. The smallest absolute Gasteiger partial charge is 0.113 e. The van der Waals surface area contributed by atoms with Gasteiger partial charge in [0.05, 0.1) is 0 Å². The lowest BCUT2D eigenvalue weighted by molar-refractivity contribution is 0.184. The number of hydrazine groups is 1. The second-order valence-corrected chi connectivity index (χ2v) is 2.62. The molecule has 0 aliphatic carbocycles. The number of hydrogen-bond donors (Lipinski definition) is 1. The van der Waals surface area contributed by atoms with Gasteiger partial charge in [0.25, 0.3) is 0 Å². The van der Waals surface area contributed by atoms with Crippen LogP contribution in [0.1, 0.15) is 27.2 Å². The van der Waals surface area contributed by atoms with Crippen molar-refractivity contribution in [2.24, 2.45) is 5.84 Å². The number of rotatable bonds is 0. The first kappa shape index (κ1) is 11.3. The molecular weight excluding hydrogens is 150 g/mol. The number of allylic oxidation sites excluding steroid dienone is 1. The van der Waals surface area contributed by atoms with Crippen LogP contribution in [0.4, 0.5) is 0 Å². The molecule has 2 N–H and O–H groups in total. The third kappa shape index (κ3) is 2.74. The lowest BCUT2D eigenvalue weighted by Gasteiger charge is -2.35. The van der Waals surface area contributed by atoms with Gasteiger partial charge < -0.3 is 4.90 Å². The summed E-state index contributed by atoms with van der Waals surface area (Å²) in [4.78, 5) is 2.17. The zero-order valence-corrected chi connectivity index (χ0v) is 8.67. The Bertz CT molecular complexity index is 131.